The molecule has 0 fully saturated rings. The van der Waals surface area contributed by atoms with Gasteiger partial charge in [0.05, 0.1) is 17.9 Å². The Balaban J connectivity index is 1.83. The van der Waals surface area contributed by atoms with Gasteiger partial charge in [-0.05, 0) is 43.1 Å². The Labute approximate surface area is 153 Å². The van der Waals surface area contributed by atoms with Crippen LogP contribution < -0.4 is 5.32 Å². The van der Waals surface area contributed by atoms with E-state index >= 15 is 0 Å². The van der Waals surface area contributed by atoms with Gasteiger partial charge in [-0.25, -0.2) is 0 Å². The van der Waals surface area contributed by atoms with E-state index in [1.165, 1.54) is 33.6 Å². The molecule has 1 aliphatic heterocycles. The Morgan fingerprint density at radius 2 is 1.80 bits per heavy atom. The lowest BCUT2D eigenvalue weighted by atomic mass is 10.0. The molecule has 3 nitrogen and oxygen atoms in total. The van der Waals surface area contributed by atoms with Crippen LogP contribution in [0.3, 0.4) is 0 Å². The van der Waals surface area contributed by atoms with Gasteiger partial charge in [0.15, 0.2) is 0 Å². The van der Waals surface area contributed by atoms with Crippen molar-refractivity contribution in [1.82, 2.24) is 15.1 Å². The SMILES string of the molecule is Cc1ccccc1Cn1nc2c(c1-c1ccc(Cl)cc1)CCNCC2. The maximum Gasteiger partial charge on any atom is 0.0721 e. The van der Waals surface area contributed by atoms with Crippen molar-refractivity contribution in [3.8, 4) is 11.3 Å². The summed E-state index contributed by atoms with van der Waals surface area (Å²) in [5.74, 6) is 0. The second-order valence-corrected chi connectivity index (χ2v) is 7.05. The highest BCUT2D eigenvalue weighted by Gasteiger charge is 2.21. The molecule has 128 valence electrons. The fourth-order valence-corrected chi connectivity index (χ4v) is 3.68. The summed E-state index contributed by atoms with van der Waals surface area (Å²) >= 11 is 6.10. The normalized spacial score (nSPS) is 14.2. The molecule has 0 saturated carbocycles. The predicted molar refractivity (Wildman–Crippen MR) is 103 cm³/mol. The predicted octanol–water partition coefficient (Wildman–Crippen LogP) is 4.25. The molecule has 2 aromatic carbocycles. The van der Waals surface area contributed by atoms with Gasteiger partial charge in [-0.3, -0.25) is 4.68 Å². The molecule has 3 aromatic rings. The molecular formula is C21H22ClN3. The third-order valence-corrected chi connectivity index (χ3v) is 5.18. The summed E-state index contributed by atoms with van der Waals surface area (Å²) < 4.78 is 2.18. The van der Waals surface area contributed by atoms with E-state index in [4.69, 9.17) is 16.7 Å². The van der Waals surface area contributed by atoms with Crippen LogP contribution >= 0.6 is 11.6 Å². The molecule has 4 rings (SSSR count). The van der Waals surface area contributed by atoms with Gasteiger partial charge in [0.1, 0.15) is 0 Å². The number of aryl methyl sites for hydroxylation is 1. The first-order chi connectivity index (χ1) is 12.2. The molecule has 0 unspecified atom stereocenters. The van der Waals surface area contributed by atoms with Crippen LogP contribution in [-0.2, 0) is 19.4 Å². The first-order valence-corrected chi connectivity index (χ1v) is 9.20. The van der Waals surface area contributed by atoms with Crippen LogP contribution in [0.1, 0.15) is 22.4 Å². The molecule has 1 N–H and O–H groups in total. The van der Waals surface area contributed by atoms with Crippen molar-refractivity contribution in [2.75, 3.05) is 13.1 Å². The summed E-state index contributed by atoms with van der Waals surface area (Å²) in [7, 11) is 0. The number of benzene rings is 2. The van der Waals surface area contributed by atoms with Crippen LogP contribution in [-0.4, -0.2) is 22.9 Å². The molecule has 0 radical (unpaired) electrons. The number of hydrogen-bond acceptors (Lipinski definition) is 2. The van der Waals surface area contributed by atoms with Crippen LogP contribution in [0.5, 0.6) is 0 Å². The highest BCUT2D eigenvalue weighted by Crippen LogP contribution is 2.30. The number of hydrogen-bond donors (Lipinski definition) is 1. The lowest BCUT2D eigenvalue weighted by Gasteiger charge is -2.12. The lowest BCUT2D eigenvalue weighted by molar-refractivity contribution is 0.653. The van der Waals surface area contributed by atoms with Gasteiger partial charge in [0, 0.05) is 29.1 Å². The zero-order valence-electron chi connectivity index (χ0n) is 14.4. The number of aromatic nitrogens is 2. The molecule has 4 heteroatoms. The molecule has 0 bridgehead atoms. The summed E-state index contributed by atoms with van der Waals surface area (Å²) in [4.78, 5) is 0. The number of halogens is 1. The fourth-order valence-electron chi connectivity index (χ4n) is 3.55. The van der Waals surface area contributed by atoms with Crippen molar-refractivity contribution in [3.63, 3.8) is 0 Å². The first-order valence-electron chi connectivity index (χ1n) is 8.82. The Morgan fingerprint density at radius 3 is 2.60 bits per heavy atom. The van der Waals surface area contributed by atoms with Gasteiger partial charge < -0.3 is 5.32 Å². The average Bonchev–Trinajstić information content (AvgIpc) is 2.79. The Hall–Kier alpha value is -2.10. The minimum atomic E-state index is 0.765. The zero-order valence-corrected chi connectivity index (χ0v) is 15.2. The van der Waals surface area contributed by atoms with Crippen molar-refractivity contribution < 1.29 is 0 Å². The standard InChI is InChI=1S/C21H22ClN3/c1-15-4-2-3-5-17(15)14-25-21(16-6-8-18(22)9-7-16)19-10-12-23-13-11-20(19)24-25/h2-9,23H,10-14H2,1H3. The third kappa shape index (κ3) is 3.35. The second kappa shape index (κ2) is 7.03. The van der Waals surface area contributed by atoms with E-state index in [0.29, 0.717) is 0 Å². The molecule has 1 aliphatic rings. The van der Waals surface area contributed by atoms with Crippen LogP contribution in [0.4, 0.5) is 0 Å². The van der Waals surface area contributed by atoms with E-state index in [2.05, 4.69) is 53.3 Å². The monoisotopic (exact) mass is 351 g/mol. The highest BCUT2D eigenvalue weighted by molar-refractivity contribution is 6.30. The smallest absolute Gasteiger partial charge is 0.0721 e. The number of rotatable bonds is 3. The largest absolute Gasteiger partial charge is 0.316 e. The summed E-state index contributed by atoms with van der Waals surface area (Å²) in [5.41, 5.74) is 7.64. The van der Waals surface area contributed by atoms with E-state index in [1.807, 2.05) is 12.1 Å². The minimum Gasteiger partial charge on any atom is -0.316 e. The maximum absolute atomic E-state index is 6.10. The molecule has 0 amide bonds. The van der Waals surface area contributed by atoms with Gasteiger partial charge in [-0.1, -0.05) is 48.0 Å². The number of nitrogens with zero attached hydrogens (tertiary/aromatic N) is 2. The summed E-state index contributed by atoms with van der Waals surface area (Å²) in [6, 6.07) is 16.7. The first kappa shape index (κ1) is 16.4. The quantitative estimate of drug-likeness (QED) is 0.764. The third-order valence-electron chi connectivity index (χ3n) is 4.92. The molecule has 0 atom stereocenters. The average molecular weight is 352 g/mol. The number of fused-ring (bicyclic) bond motifs is 1. The lowest BCUT2D eigenvalue weighted by Crippen LogP contribution is -2.17. The Kier molecular flexibility index (Phi) is 4.60. The van der Waals surface area contributed by atoms with Crippen molar-refractivity contribution in [2.24, 2.45) is 0 Å². The number of nitrogens with one attached hydrogen (secondary N) is 1. The van der Waals surface area contributed by atoms with E-state index in [9.17, 15) is 0 Å². The van der Waals surface area contributed by atoms with Crippen LogP contribution in [0.25, 0.3) is 11.3 Å². The van der Waals surface area contributed by atoms with Crippen molar-refractivity contribution >= 4 is 11.6 Å². The van der Waals surface area contributed by atoms with Gasteiger partial charge in [-0.15, -0.1) is 0 Å². The van der Waals surface area contributed by atoms with Gasteiger partial charge >= 0.3 is 0 Å². The molecule has 0 aliphatic carbocycles. The van der Waals surface area contributed by atoms with Crippen molar-refractivity contribution in [2.45, 2.75) is 26.3 Å². The zero-order chi connectivity index (χ0) is 17.2. The van der Waals surface area contributed by atoms with E-state index in [-0.39, 0.29) is 0 Å². The van der Waals surface area contributed by atoms with Crippen LogP contribution in [0, 0.1) is 6.92 Å². The maximum atomic E-state index is 6.10. The Morgan fingerprint density at radius 1 is 1.04 bits per heavy atom. The summed E-state index contributed by atoms with van der Waals surface area (Å²) in [6.45, 7) is 4.96. The topological polar surface area (TPSA) is 29.9 Å². The van der Waals surface area contributed by atoms with Crippen molar-refractivity contribution in [3.05, 3.63) is 75.9 Å². The Bertz CT molecular complexity index is 881. The second-order valence-electron chi connectivity index (χ2n) is 6.61. The fraction of sp³-hybridized carbons (Fsp3) is 0.286. The minimum absolute atomic E-state index is 0.765. The molecule has 25 heavy (non-hydrogen) atoms. The highest BCUT2D eigenvalue weighted by atomic mass is 35.5. The van der Waals surface area contributed by atoms with Crippen LogP contribution in [0.15, 0.2) is 48.5 Å². The molecule has 0 spiro atoms. The van der Waals surface area contributed by atoms with Gasteiger partial charge in [0.25, 0.3) is 0 Å². The summed E-state index contributed by atoms with van der Waals surface area (Å²) in [6.07, 6.45) is 2.00. The van der Waals surface area contributed by atoms with E-state index in [0.717, 1.165) is 37.5 Å². The van der Waals surface area contributed by atoms with Gasteiger partial charge in [0.2, 0.25) is 0 Å². The van der Waals surface area contributed by atoms with Gasteiger partial charge in [-0.2, -0.15) is 5.10 Å². The molecule has 2 heterocycles. The summed E-state index contributed by atoms with van der Waals surface area (Å²) in [5, 5.41) is 9.23. The van der Waals surface area contributed by atoms with E-state index in [1.54, 1.807) is 0 Å². The van der Waals surface area contributed by atoms with Crippen molar-refractivity contribution in [1.29, 1.82) is 0 Å². The molecule has 0 saturated heterocycles. The van der Waals surface area contributed by atoms with E-state index < -0.39 is 0 Å². The van der Waals surface area contributed by atoms with Crippen LogP contribution in [0.2, 0.25) is 5.02 Å². The molecular weight excluding hydrogens is 330 g/mol. The molecule has 1 aromatic heterocycles.